The molecule has 2 heterocycles. The monoisotopic (exact) mass is 355 g/mol. The number of ether oxygens (including phenoxy) is 3. The molecule has 0 aliphatic carbocycles. The summed E-state index contributed by atoms with van der Waals surface area (Å²) < 4.78 is 43.7. The second-order valence-corrected chi connectivity index (χ2v) is 8.51. The van der Waals surface area contributed by atoms with Gasteiger partial charge in [0, 0.05) is 33.4 Å². The van der Waals surface area contributed by atoms with E-state index in [1.165, 1.54) is 11.4 Å². The number of methoxy groups -OCH3 is 2. The highest BCUT2D eigenvalue weighted by atomic mass is 32.2. The van der Waals surface area contributed by atoms with Gasteiger partial charge in [-0.05, 0) is 43.4 Å². The summed E-state index contributed by atoms with van der Waals surface area (Å²) in [5, 5.41) is 0. The van der Waals surface area contributed by atoms with E-state index in [1.54, 1.807) is 25.3 Å². The van der Waals surface area contributed by atoms with Gasteiger partial charge in [-0.15, -0.1) is 0 Å². The van der Waals surface area contributed by atoms with Crippen molar-refractivity contribution in [2.24, 2.45) is 5.92 Å². The molecular formula is C17H25NO5S. The van der Waals surface area contributed by atoms with Gasteiger partial charge in [0.1, 0.15) is 10.6 Å². The van der Waals surface area contributed by atoms with E-state index >= 15 is 0 Å². The SMILES string of the molecule is COCCC1CCOC12CN(S(=O)(=O)c1ccc(C)cc1OC)C2. The predicted octanol–water partition coefficient (Wildman–Crippen LogP) is 1.82. The summed E-state index contributed by atoms with van der Waals surface area (Å²) in [6.45, 7) is 4.08. The molecule has 1 aromatic rings. The standard InChI is InChI=1S/C17H25NO5S/c1-13-4-5-16(15(10-13)22-3)24(19,20)18-11-17(12-18)14(6-8-21-2)7-9-23-17/h4-5,10,14H,6-9,11-12H2,1-3H3. The van der Waals surface area contributed by atoms with Crippen LogP contribution in [0.3, 0.4) is 0 Å². The Morgan fingerprint density at radius 3 is 2.75 bits per heavy atom. The molecule has 2 aliphatic rings. The van der Waals surface area contributed by atoms with E-state index in [2.05, 4.69) is 0 Å². The highest BCUT2D eigenvalue weighted by Gasteiger charge is 2.56. The Morgan fingerprint density at radius 1 is 1.33 bits per heavy atom. The molecule has 134 valence electrons. The Labute approximate surface area is 143 Å². The van der Waals surface area contributed by atoms with Crippen molar-refractivity contribution in [1.29, 1.82) is 0 Å². The molecule has 24 heavy (non-hydrogen) atoms. The van der Waals surface area contributed by atoms with Gasteiger partial charge in [0.15, 0.2) is 0 Å². The predicted molar refractivity (Wildman–Crippen MR) is 89.8 cm³/mol. The van der Waals surface area contributed by atoms with Gasteiger partial charge < -0.3 is 14.2 Å². The second-order valence-electron chi connectivity index (χ2n) is 6.61. The zero-order valence-electron chi connectivity index (χ0n) is 14.4. The molecule has 2 saturated heterocycles. The maximum absolute atomic E-state index is 12.9. The van der Waals surface area contributed by atoms with Crippen molar-refractivity contribution in [2.75, 3.05) is 40.5 Å². The Kier molecular flexibility index (Phi) is 4.88. The van der Waals surface area contributed by atoms with Gasteiger partial charge in [0.2, 0.25) is 10.0 Å². The highest BCUT2D eigenvalue weighted by molar-refractivity contribution is 7.89. The van der Waals surface area contributed by atoms with Crippen LogP contribution in [-0.2, 0) is 19.5 Å². The largest absolute Gasteiger partial charge is 0.495 e. The fourth-order valence-electron chi connectivity index (χ4n) is 3.65. The van der Waals surface area contributed by atoms with Gasteiger partial charge in [-0.3, -0.25) is 0 Å². The van der Waals surface area contributed by atoms with Gasteiger partial charge in [-0.2, -0.15) is 4.31 Å². The topological polar surface area (TPSA) is 65.1 Å². The van der Waals surface area contributed by atoms with Gasteiger partial charge in [-0.1, -0.05) is 6.07 Å². The van der Waals surface area contributed by atoms with Crippen LogP contribution >= 0.6 is 0 Å². The first-order valence-electron chi connectivity index (χ1n) is 8.20. The third-order valence-electron chi connectivity index (χ3n) is 5.10. The zero-order valence-corrected chi connectivity index (χ0v) is 15.3. The number of rotatable bonds is 6. The maximum Gasteiger partial charge on any atom is 0.246 e. The first-order valence-corrected chi connectivity index (χ1v) is 9.64. The average Bonchev–Trinajstić information content (AvgIpc) is 2.94. The van der Waals surface area contributed by atoms with Crippen molar-refractivity contribution in [3.05, 3.63) is 23.8 Å². The molecule has 0 N–H and O–H groups in total. The van der Waals surface area contributed by atoms with Crippen LogP contribution in [0.1, 0.15) is 18.4 Å². The van der Waals surface area contributed by atoms with E-state index in [4.69, 9.17) is 14.2 Å². The molecule has 1 unspecified atom stereocenters. The number of hydrogen-bond acceptors (Lipinski definition) is 5. The first kappa shape index (κ1) is 17.7. The molecule has 0 aromatic heterocycles. The summed E-state index contributed by atoms with van der Waals surface area (Å²) >= 11 is 0. The molecule has 0 saturated carbocycles. The van der Waals surface area contributed by atoms with Crippen molar-refractivity contribution in [1.82, 2.24) is 4.31 Å². The summed E-state index contributed by atoms with van der Waals surface area (Å²) in [5.74, 6) is 0.739. The molecule has 2 fully saturated rings. The number of hydrogen-bond donors (Lipinski definition) is 0. The van der Waals surface area contributed by atoms with Crippen LogP contribution in [0, 0.1) is 12.8 Å². The van der Waals surface area contributed by atoms with Crippen molar-refractivity contribution in [2.45, 2.75) is 30.3 Å². The average molecular weight is 355 g/mol. The quantitative estimate of drug-likeness (QED) is 0.779. The summed E-state index contributed by atoms with van der Waals surface area (Å²) in [6.07, 6.45) is 1.86. The van der Waals surface area contributed by atoms with E-state index in [0.29, 0.717) is 38.0 Å². The molecule has 1 aromatic carbocycles. The van der Waals surface area contributed by atoms with E-state index in [-0.39, 0.29) is 10.5 Å². The van der Waals surface area contributed by atoms with Crippen molar-refractivity contribution >= 4 is 10.0 Å². The Hall–Kier alpha value is -1.15. The lowest BCUT2D eigenvalue weighted by Crippen LogP contribution is -2.65. The van der Waals surface area contributed by atoms with Crippen molar-refractivity contribution < 1.29 is 22.6 Å². The molecule has 0 bridgehead atoms. The van der Waals surface area contributed by atoms with Crippen molar-refractivity contribution in [3.63, 3.8) is 0 Å². The summed E-state index contributed by atoms with van der Waals surface area (Å²) in [6, 6.07) is 5.15. The molecular weight excluding hydrogens is 330 g/mol. The van der Waals surface area contributed by atoms with Crippen LogP contribution < -0.4 is 4.74 Å². The van der Waals surface area contributed by atoms with Gasteiger partial charge in [0.05, 0.1) is 12.7 Å². The fraction of sp³-hybridized carbons (Fsp3) is 0.647. The minimum Gasteiger partial charge on any atom is -0.495 e. The summed E-state index contributed by atoms with van der Waals surface area (Å²) in [4.78, 5) is 0.219. The number of sulfonamides is 1. The lowest BCUT2D eigenvalue weighted by atomic mass is 9.80. The van der Waals surface area contributed by atoms with Crippen LogP contribution in [-0.4, -0.2) is 58.8 Å². The normalized spacial score (nSPS) is 23.4. The second kappa shape index (κ2) is 6.63. The minimum absolute atomic E-state index is 0.219. The number of aryl methyl sites for hydroxylation is 1. The third kappa shape index (κ3) is 2.94. The van der Waals surface area contributed by atoms with Crippen LogP contribution in [0.15, 0.2) is 23.1 Å². The first-order chi connectivity index (χ1) is 11.4. The summed E-state index contributed by atoms with van der Waals surface area (Å²) in [5.41, 5.74) is 0.619. The van der Waals surface area contributed by atoms with Crippen LogP contribution in [0.5, 0.6) is 5.75 Å². The van der Waals surface area contributed by atoms with Crippen LogP contribution in [0.4, 0.5) is 0 Å². The Bertz CT molecular complexity index is 697. The highest BCUT2D eigenvalue weighted by Crippen LogP contribution is 2.44. The Morgan fingerprint density at radius 2 is 2.08 bits per heavy atom. The van der Waals surface area contributed by atoms with E-state index in [1.807, 2.05) is 6.92 Å². The minimum atomic E-state index is -3.57. The van der Waals surface area contributed by atoms with Gasteiger partial charge in [0.25, 0.3) is 0 Å². The van der Waals surface area contributed by atoms with Gasteiger partial charge >= 0.3 is 0 Å². The zero-order chi connectivity index (χ0) is 17.4. The molecule has 0 amide bonds. The molecule has 2 aliphatic heterocycles. The molecule has 3 rings (SSSR count). The molecule has 0 radical (unpaired) electrons. The fourth-order valence-corrected chi connectivity index (χ4v) is 5.34. The molecule has 7 heteroatoms. The van der Waals surface area contributed by atoms with E-state index in [0.717, 1.165) is 18.4 Å². The molecule has 1 atom stereocenters. The van der Waals surface area contributed by atoms with Crippen LogP contribution in [0.25, 0.3) is 0 Å². The summed E-state index contributed by atoms with van der Waals surface area (Å²) in [7, 11) is -0.396. The maximum atomic E-state index is 12.9. The smallest absolute Gasteiger partial charge is 0.246 e. The molecule has 6 nitrogen and oxygen atoms in total. The van der Waals surface area contributed by atoms with Crippen molar-refractivity contribution in [3.8, 4) is 5.75 Å². The third-order valence-corrected chi connectivity index (χ3v) is 6.93. The van der Waals surface area contributed by atoms with E-state index in [9.17, 15) is 8.42 Å². The van der Waals surface area contributed by atoms with E-state index < -0.39 is 10.0 Å². The Balaban J connectivity index is 1.77. The van der Waals surface area contributed by atoms with Gasteiger partial charge in [-0.25, -0.2) is 8.42 Å². The molecule has 1 spiro atoms. The lowest BCUT2D eigenvalue weighted by molar-refractivity contribution is -0.105. The van der Waals surface area contributed by atoms with Crippen LogP contribution in [0.2, 0.25) is 0 Å². The number of benzene rings is 1. The lowest BCUT2D eigenvalue weighted by Gasteiger charge is -2.49. The number of nitrogens with zero attached hydrogens (tertiary/aromatic N) is 1.